The van der Waals surface area contributed by atoms with Crippen molar-refractivity contribution in [3.05, 3.63) is 40.8 Å². The lowest BCUT2D eigenvalue weighted by molar-refractivity contribution is 0.160. The molecule has 9 heteroatoms. The number of nitrogens with zero attached hydrogens (tertiary/aromatic N) is 6. The minimum Gasteiger partial charge on any atom is -0.476 e. The van der Waals surface area contributed by atoms with E-state index < -0.39 is 0 Å². The highest BCUT2D eigenvalue weighted by Crippen LogP contribution is 2.36. The van der Waals surface area contributed by atoms with Crippen molar-refractivity contribution in [2.24, 2.45) is 7.05 Å². The molecule has 1 aromatic carbocycles. The number of H-pyrrole nitrogens is 1. The Labute approximate surface area is 224 Å². The van der Waals surface area contributed by atoms with E-state index in [9.17, 15) is 0 Å². The van der Waals surface area contributed by atoms with Crippen LogP contribution < -0.4 is 9.47 Å². The van der Waals surface area contributed by atoms with E-state index in [0.29, 0.717) is 18.5 Å². The summed E-state index contributed by atoms with van der Waals surface area (Å²) in [5, 5.41) is 18.4. The minimum atomic E-state index is 0.0228. The fourth-order valence-corrected chi connectivity index (χ4v) is 5.11. The zero-order chi connectivity index (χ0) is 27.0. The molecule has 0 atom stereocenters. The summed E-state index contributed by atoms with van der Waals surface area (Å²) in [5.74, 6) is 1.45. The van der Waals surface area contributed by atoms with Crippen LogP contribution in [-0.4, -0.2) is 60.0 Å². The smallest absolute Gasteiger partial charge is 0.240 e. The maximum atomic E-state index is 6.44. The van der Waals surface area contributed by atoms with Crippen molar-refractivity contribution in [3.8, 4) is 22.9 Å². The summed E-state index contributed by atoms with van der Waals surface area (Å²) in [6.45, 7) is 15.6. The number of fused-ring (bicyclic) bond motifs is 4. The van der Waals surface area contributed by atoms with Gasteiger partial charge >= 0.3 is 0 Å². The Balaban J connectivity index is 1.70. The summed E-state index contributed by atoms with van der Waals surface area (Å²) in [4.78, 5) is 2.43. The van der Waals surface area contributed by atoms with Gasteiger partial charge in [-0.25, -0.2) is 4.68 Å². The Bertz CT molecular complexity index is 1460. The monoisotopic (exact) mass is 517 g/mol. The largest absolute Gasteiger partial charge is 0.476 e. The summed E-state index contributed by atoms with van der Waals surface area (Å²) in [6, 6.07) is 6.63. The van der Waals surface area contributed by atoms with Crippen molar-refractivity contribution < 1.29 is 9.47 Å². The average Bonchev–Trinajstić information content (AvgIpc) is 3.49. The highest BCUT2D eigenvalue weighted by atomic mass is 16.5. The molecule has 3 aromatic heterocycles. The van der Waals surface area contributed by atoms with E-state index in [1.165, 1.54) is 0 Å². The molecule has 202 valence electrons. The highest BCUT2D eigenvalue weighted by molar-refractivity contribution is 5.93. The first-order valence-corrected chi connectivity index (χ1v) is 13.6. The van der Waals surface area contributed by atoms with Crippen molar-refractivity contribution in [2.45, 2.75) is 73.2 Å². The number of aromatic amines is 1. The van der Waals surface area contributed by atoms with Crippen LogP contribution in [-0.2, 0) is 20.1 Å². The van der Waals surface area contributed by atoms with Gasteiger partial charge in [0.05, 0.1) is 39.8 Å². The van der Waals surface area contributed by atoms with Crippen LogP contribution in [0.1, 0.15) is 63.7 Å². The van der Waals surface area contributed by atoms with Crippen molar-refractivity contribution >= 4 is 23.1 Å². The highest BCUT2D eigenvalue weighted by Gasteiger charge is 2.23. The predicted octanol–water partition coefficient (Wildman–Crippen LogP) is 5.44. The number of aromatic nitrogens is 6. The maximum absolute atomic E-state index is 6.44. The third-order valence-corrected chi connectivity index (χ3v) is 7.01. The summed E-state index contributed by atoms with van der Waals surface area (Å²) < 4.78 is 16.6. The van der Waals surface area contributed by atoms with Crippen molar-refractivity contribution in [1.82, 2.24) is 34.7 Å². The number of hydrogen-bond donors (Lipinski definition) is 1. The van der Waals surface area contributed by atoms with Gasteiger partial charge in [-0.2, -0.15) is 10.2 Å². The predicted molar refractivity (Wildman–Crippen MR) is 151 cm³/mol. The number of hydrogen-bond acceptors (Lipinski definition) is 6. The molecule has 1 aliphatic heterocycles. The van der Waals surface area contributed by atoms with Gasteiger partial charge in [-0.15, -0.1) is 5.10 Å². The van der Waals surface area contributed by atoms with Crippen LogP contribution in [0.2, 0.25) is 0 Å². The van der Waals surface area contributed by atoms with Crippen LogP contribution in [0.3, 0.4) is 0 Å². The lowest BCUT2D eigenvalue weighted by atomic mass is 10.0. The molecule has 2 bridgehead atoms. The molecule has 1 N–H and O–H groups in total. The molecular formula is C29H39N7O2. The zero-order valence-corrected chi connectivity index (χ0v) is 23.6. The van der Waals surface area contributed by atoms with Gasteiger partial charge in [0.15, 0.2) is 0 Å². The second-order valence-corrected chi connectivity index (χ2v) is 10.6. The Kier molecular flexibility index (Phi) is 7.29. The van der Waals surface area contributed by atoms with E-state index in [1.54, 1.807) is 0 Å². The molecule has 9 nitrogen and oxygen atoms in total. The van der Waals surface area contributed by atoms with Crippen LogP contribution in [0.25, 0.3) is 34.2 Å². The van der Waals surface area contributed by atoms with Gasteiger partial charge in [-0.3, -0.25) is 14.7 Å². The average molecular weight is 518 g/mol. The molecule has 38 heavy (non-hydrogen) atoms. The first-order valence-electron chi connectivity index (χ1n) is 13.6. The lowest BCUT2D eigenvalue weighted by Crippen LogP contribution is -2.35. The van der Waals surface area contributed by atoms with Crippen molar-refractivity contribution in [3.63, 3.8) is 0 Å². The number of ether oxygens (including phenoxy) is 2. The van der Waals surface area contributed by atoms with E-state index in [2.05, 4.69) is 69.9 Å². The Morgan fingerprint density at radius 3 is 2.68 bits per heavy atom. The van der Waals surface area contributed by atoms with Gasteiger partial charge in [-0.05, 0) is 70.9 Å². The molecule has 0 amide bonds. The topological polar surface area (TPSA) is 86.0 Å². The first kappa shape index (κ1) is 26.0. The summed E-state index contributed by atoms with van der Waals surface area (Å²) >= 11 is 0. The molecule has 0 saturated heterocycles. The van der Waals surface area contributed by atoms with E-state index >= 15 is 0 Å². The van der Waals surface area contributed by atoms with E-state index in [0.717, 1.165) is 76.6 Å². The first-order chi connectivity index (χ1) is 18.3. The molecule has 4 aromatic rings. The normalized spacial score (nSPS) is 15.4. The molecule has 0 saturated carbocycles. The van der Waals surface area contributed by atoms with Gasteiger partial charge in [-0.1, -0.05) is 13.0 Å². The molecule has 1 aliphatic rings. The third-order valence-electron chi connectivity index (χ3n) is 7.01. The molecule has 4 heterocycles. The van der Waals surface area contributed by atoms with Crippen LogP contribution in [0.4, 0.5) is 0 Å². The molecule has 0 aliphatic carbocycles. The van der Waals surface area contributed by atoms with Gasteiger partial charge in [0.1, 0.15) is 6.61 Å². The second kappa shape index (κ2) is 10.6. The second-order valence-electron chi connectivity index (χ2n) is 10.6. The summed E-state index contributed by atoms with van der Waals surface area (Å²) in [7, 11) is 1.94. The van der Waals surface area contributed by atoms with Crippen LogP contribution in [0.5, 0.6) is 11.8 Å². The molecule has 5 rings (SSSR count). The fourth-order valence-electron chi connectivity index (χ4n) is 5.11. The maximum Gasteiger partial charge on any atom is 0.240 e. The minimum absolute atomic E-state index is 0.0228. The van der Waals surface area contributed by atoms with Gasteiger partial charge < -0.3 is 9.47 Å². The molecule has 0 unspecified atom stereocenters. The Hall–Kier alpha value is -3.59. The number of rotatable bonds is 5. The number of aryl methyl sites for hydroxylation is 3. The van der Waals surface area contributed by atoms with Gasteiger partial charge in [0.25, 0.3) is 0 Å². The molecule has 0 spiro atoms. The quantitative estimate of drug-likeness (QED) is 0.379. The lowest BCUT2D eigenvalue weighted by Gasteiger charge is -2.27. The standard InChI is InChI=1S/C29H39N7O2/c1-8-13-36-26-17-35(18(2)3)14-15-37-29-27(20(6)32-34(29)7)21-9-11-24-23(16-21)25(31-30-24)12-10-22(26)28(33-36)38-19(4)5/h9-12,16,18-19H,8,13-15,17H2,1-7H3,(H,30,31)/b12-10+. The van der Waals surface area contributed by atoms with E-state index in [1.807, 2.05) is 38.6 Å². The van der Waals surface area contributed by atoms with E-state index in [4.69, 9.17) is 14.6 Å². The summed E-state index contributed by atoms with van der Waals surface area (Å²) in [6.07, 6.45) is 5.23. The Morgan fingerprint density at radius 1 is 1.13 bits per heavy atom. The van der Waals surface area contributed by atoms with Crippen molar-refractivity contribution in [2.75, 3.05) is 13.2 Å². The van der Waals surface area contributed by atoms with Crippen LogP contribution in [0, 0.1) is 6.92 Å². The van der Waals surface area contributed by atoms with E-state index in [-0.39, 0.29) is 6.10 Å². The van der Waals surface area contributed by atoms with Crippen molar-refractivity contribution in [1.29, 1.82) is 0 Å². The number of benzene rings is 1. The fraction of sp³-hybridized carbons (Fsp3) is 0.483. The summed E-state index contributed by atoms with van der Waals surface area (Å²) in [5.41, 5.74) is 7.02. The molecule has 0 fully saturated rings. The molecule has 0 radical (unpaired) electrons. The van der Waals surface area contributed by atoms with Crippen LogP contribution >= 0.6 is 0 Å². The van der Waals surface area contributed by atoms with Crippen LogP contribution in [0.15, 0.2) is 18.2 Å². The Morgan fingerprint density at radius 2 is 1.95 bits per heavy atom. The third kappa shape index (κ3) is 4.95. The molecular weight excluding hydrogens is 478 g/mol. The van der Waals surface area contributed by atoms with Gasteiger partial charge in [0, 0.05) is 38.1 Å². The van der Waals surface area contributed by atoms with Gasteiger partial charge in [0.2, 0.25) is 11.8 Å². The zero-order valence-electron chi connectivity index (χ0n) is 23.6. The number of nitrogens with one attached hydrogen (secondary N) is 1. The SMILES string of the molecule is CCCn1nc(OC(C)C)c2c1CN(C(C)C)CCOc1c(c(C)nn1C)-c1ccc3n[nH]c(c3c1)/C=C/2.